The van der Waals surface area contributed by atoms with Gasteiger partial charge in [-0.05, 0) is 110 Å². The number of halogens is 20. The van der Waals surface area contributed by atoms with Gasteiger partial charge >= 0.3 is 59.2 Å². The van der Waals surface area contributed by atoms with E-state index in [0.29, 0.717) is 0 Å². The number of unbranched alkanes of at least 4 members (excludes halogenated alkanes) is 2. The molecule has 2 saturated carbocycles. The van der Waals surface area contributed by atoms with Gasteiger partial charge in [0, 0.05) is 22.5 Å². The maximum atomic E-state index is 15.3. The van der Waals surface area contributed by atoms with Crippen LogP contribution >= 0.6 is 0 Å². The van der Waals surface area contributed by atoms with Crippen LogP contribution in [0.2, 0.25) is 0 Å². The molecule has 4 rings (SSSR count). The van der Waals surface area contributed by atoms with E-state index in [9.17, 15) is 52.7 Å². The third-order valence-electron chi connectivity index (χ3n) is 10.5. The molecule has 0 aliphatic heterocycles. The third-order valence-corrected chi connectivity index (χ3v) is 10.5. The molecule has 0 heterocycles. The number of anilines is 2. The minimum atomic E-state index is -9.11. The van der Waals surface area contributed by atoms with Gasteiger partial charge in [-0.25, -0.2) is 0 Å². The molecule has 0 saturated heterocycles. The smallest absolute Gasteiger partial charge is 0.385 e. The predicted molar refractivity (Wildman–Crippen MR) is 170 cm³/mol. The van der Waals surface area contributed by atoms with Crippen LogP contribution in [0.5, 0.6) is 0 Å². The molecule has 0 bridgehead atoms. The summed E-state index contributed by atoms with van der Waals surface area (Å²) in [6.45, 7) is 3.06. The molecule has 2 nitrogen and oxygen atoms in total. The Balaban J connectivity index is 1.80. The van der Waals surface area contributed by atoms with Crippen LogP contribution in [0.15, 0.2) is 24.3 Å². The first-order chi connectivity index (χ1) is 26.1. The van der Waals surface area contributed by atoms with Crippen molar-refractivity contribution in [3.63, 3.8) is 0 Å². The summed E-state index contributed by atoms with van der Waals surface area (Å²) in [6, 6.07) is -0.000226. The molecule has 22 heteroatoms. The molecule has 2 aliphatic carbocycles. The second-order valence-electron chi connectivity index (χ2n) is 14.8. The first-order valence-electron chi connectivity index (χ1n) is 17.7. The van der Waals surface area contributed by atoms with Gasteiger partial charge in [0.15, 0.2) is 0 Å². The van der Waals surface area contributed by atoms with E-state index in [1.54, 1.807) is 0 Å². The third kappa shape index (κ3) is 6.80. The van der Waals surface area contributed by atoms with Gasteiger partial charge in [-0.3, -0.25) is 0 Å². The molecule has 4 N–H and O–H groups in total. The summed E-state index contributed by atoms with van der Waals surface area (Å²) in [5.74, 6) is -84.5. The number of aryl methyl sites for hydroxylation is 2. The average molecular weight is 877 g/mol. The van der Waals surface area contributed by atoms with E-state index in [2.05, 4.69) is 0 Å². The number of nitrogens with two attached hydrogens (primary N) is 2. The highest BCUT2D eigenvalue weighted by Gasteiger charge is 2.97. The molecular weight excluding hydrogens is 840 g/mol. The number of rotatable bonds is 19. The van der Waals surface area contributed by atoms with E-state index in [-0.39, 0.29) is 99.8 Å². The van der Waals surface area contributed by atoms with Gasteiger partial charge in [-0.2, -0.15) is 87.8 Å². The second kappa shape index (κ2) is 14.7. The zero-order valence-corrected chi connectivity index (χ0v) is 30.2. The van der Waals surface area contributed by atoms with Crippen molar-refractivity contribution in [2.24, 2.45) is 0 Å². The number of alkyl halides is 20. The van der Waals surface area contributed by atoms with Crippen LogP contribution in [0.1, 0.15) is 110 Å². The summed E-state index contributed by atoms with van der Waals surface area (Å²) in [4.78, 5) is 0. The van der Waals surface area contributed by atoms with Gasteiger partial charge in [0.2, 0.25) is 0 Å². The molecule has 0 aromatic heterocycles. The fraction of sp³-hybridized carbons (Fsp3) is 0.667. The topological polar surface area (TPSA) is 52.0 Å². The zero-order valence-electron chi connectivity index (χ0n) is 30.2. The lowest BCUT2D eigenvalue weighted by atomic mass is 9.83. The van der Waals surface area contributed by atoms with Crippen molar-refractivity contribution < 1.29 is 87.8 Å². The van der Waals surface area contributed by atoms with Crippen molar-refractivity contribution in [1.29, 1.82) is 0 Å². The molecule has 2 fully saturated rings. The largest absolute Gasteiger partial charge is 0.398 e. The van der Waals surface area contributed by atoms with Crippen LogP contribution in [0, 0.1) is 0 Å². The van der Waals surface area contributed by atoms with Crippen molar-refractivity contribution in [2.75, 3.05) is 11.5 Å². The Hall–Kier alpha value is -3.36. The van der Waals surface area contributed by atoms with Crippen molar-refractivity contribution in [1.82, 2.24) is 0 Å². The van der Waals surface area contributed by atoms with Crippen LogP contribution in [0.25, 0.3) is 0 Å². The zero-order chi connectivity index (χ0) is 44.7. The Bertz CT molecular complexity index is 1700. The Labute approximate surface area is 317 Å². The normalized spacial score (nSPS) is 17.3. The minimum absolute atomic E-state index is 0.00965. The van der Waals surface area contributed by atoms with Crippen molar-refractivity contribution in [3.05, 3.63) is 57.6 Å². The lowest BCUT2D eigenvalue weighted by molar-refractivity contribution is -0.470. The van der Waals surface area contributed by atoms with E-state index in [0.717, 1.165) is 0 Å². The van der Waals surface area contributed by atoms with Gasteiger partial charge in [0.25, 0.3) is 0 Å². The summed E-state index contributed by atoms with van der Waals surface area (Å²) >= 11 is 0. The van der Waals surface area contributed by atoms with E-state index in [4.69, 9.17) is 11.5 Å². The molecule has 0 radical (unpaired) electrons. The lowest BCUT2D eigenvalue weighted by Crippen LogP contribution is -2.76. The van der Waals surface area contributed by atoms with E-state index in [1.807, 2.05) is 0 Å². The summed E-state index contributed by atoms with van der Waals surface area (Å²) in [6.07, 6.45) is 0.654. The highest BCUT2D eigenvalue weighted by molar-refractivity contribution is 5.60. The van der Waals surface area contributed by atoms with Gasteiger partial charge < -0.3 is 11.5 Å². The fourth-order valence-corrected chi connectivity index (χ4v) is 6.39. The number of hydrogen-bond donors (Lipinski definition) is 2. The molecule has 0 amide bonds. The average Bonchev–Trinajstić information content (AvgIpc) is 4.05. The van der Waals surface area contributed by atoms with E-state index >= 15 is 35.1 Å². The molecule has 2 aromatic rings. The SMILES string of the molecule is CCCCc1cc(C(F)(F)C(F)(F)C(F)(F)C(F)(F)C(F)(F)C(F)(F)C(F)(F)C(F)(F)C(F)(F)C(F)(F)c2cc(CCCC)c(N)c(C3CC3)c2)cc(C2CC2)c1N. The summed E-state index contributed by atoms with van der Waals surface area (Å²) in [7, 11) is 0. The highest BCUT2D eigenvalue weighted by atomic mass is 19.4. The fourth-order valence-electron chi connectivity index (χ4n) is 6.39. The van der Waals surface area contributed by atoms with Crippen molar-refractivity contribution in [3.8, 4) is 0 Å². The van der Waals surface area contributed by atoms with Gasteiger partial charge in [-0.1, -0.05) is 26.7 Å². The Morgan fingerprint density at radius 3 is 0.879 bits per heavy atom. The predicted octanol–water partition coefficient (Wildman–Crippen LogP) is 13.3. The molecule has 330 valence electrons. The number of benzene rings is 2. The van der Waals surface area contributed by atoms with Crippen LogP contribution in [-0.4, -0.2) is 47.4 Å². The second-order valence-corrected chi connectivity index (χ2v) is 14.8. The quantitative estimate of drug-likeness (QED) is 0.109. The van der Waals surface area contributed by atoms with E-state index in [1.165, 1.54) is 13.8 Å². The van der Waals surface area contributed by atoms with E-state index < -0.39 is 104 Å². The van der Waals surface area contributed by atoms with Crippen molar-refractivity contribution >= 4 is 11.4 Å². The summed E-state index contributed by atoms with van der Waals surface area (Å²) < 4.78 is 300. The summed E-state index contributed by atoms with van der Waals surface area (Å²) in [5, 5.41) is 0. The number of hydrogen-bond acceptors (Lipinski definition) is 2. The molecule has 58 heavy (non-hydrogen) atoms. The summed E-state index contributed by atoms with van der Waals surface area (Å²) in [5.41, 5.74) is 4.67. The molecular formula is C36H36F20N2. The van der Waals surface area contributed by atoms with Gasteiger partial charge in [0.05, 0.1) is 0 Å². The Kier molecular flexibility index (Phi) is 12.0. The molecule has 0 spiro atoms. The molecule has 2 aromatic carbocycles. The number of nitrogen functional groups attached to an aromatic ring is 2. The first-order valence-corrected chi connectivity index (χ1v) is 17.7. The highest BCUT2D eigenvalue weighted by Crippen LogP contribution is 2.68. The van der Waals surface area contributed by atoms with Crippen LogP contribution in [-0.2, 0) is 24.7 Å². The first kappa shape index (κ1) is 47.3. The van der Waals surface area contributed by atoms with Crippen LogP contribution < -0.4 is 11.5 Å². The molecule has 2 aliphatic rings. The Morgan fingerprint density at radius 1 is 0.414 bits per heavy atom. The van der Waals surface area contributed by atoms with Crippen LogP contribution in [0.4, 0.5) is 99.2 Å². The van der Waals surface area contributed by atoms with Crippen molar-refractivity contribution in [2.45, 2.75) is 149 Å². The standard InChI is InChI=1S/C36H36F20N2/c1-3-5-7-19-13-21(15-23(25(19)57)17-9-10-17)27(37,38)29(41,42)31(45,46)33(49,50)35(53,54)36(55,56)34(51,52)32(47,48)30(43,44)28(39,40)22-14-20(8-6-4-2)26(58)24(16-22)18-11-12-18/h13-18H,3-12,57-58H2,1-2H3. The molecule has 0 unspecified atom stereocenters. The lowest BCUT2D eigenvalue weighted by Gasteiger charge is -2.45. The van der Waals surface area contributed by atoms with Gasteiger partial charge in [-0.15, -0.1) is 0 Å². The maximum absolute atomic E-state index is 15.3. The van der Waals surface area contributed by atoms with Crippen LogP contribution in [0.3, 0.4) is 0 Å². The Morgan fingerprint density at radius 2 is 0.655 bits per heavy atom. The molecule has 0 atom stereocenters. The van der Waals surface area contributed by atoms with Gasteiger partial charge in [0.1, 0.15) is 0 Å². The minimum Gasteiger partial charge on any atom is -0.398 e. The maximum Gasteiger partial charge on any atom is 0.385 e. The monoisotopic (exact) mass is 876 g/mol.